The molecule has 2 atom stereocenters. The summed E-state index contributed by atoms with van der Waals surface area (Å²) in [5, 5.41) is 6.53. The van der Waals surface area contributed by atoms with Gasteiger partial charge >= 0.3 is 31.4 Å². The molecule has 2 aliphatic rings. The second-order valence-corrected chi connectivity index (χ2v) is 28.2. The summed E-state index contributed by atoms with van der Waals surface area (Å²) in [6.07, 6.45) is 0. The fourth-order valence-electron chi connectivity index (χ4n) is 9.77. The van der Waals surface area contributed by atoms with E-state index in [2.05, 4.69) is 68.4 Å². The zero-order valence-corrected chi connectivity index (χ0v) is 50.6. The molecule has 0 radical (unpaired) electrons. The summed E-state index contributed by atoms with van der Waals surface area (Å²) >= 11 is 28.0. The Balaban J connectivity index is 1.08. The molecule has 9 aromatic rings. The fourth-order valence-corrected chi connectivity index (χ4v) is 13.9. The second-order valence-electron chi connectivity index (χ2n) is 23.5. The molecule has 402 valence electrons. The van der Waals surface area contributed by atoms with Gasteiger partial charge in [-0.3, -0.25) is 0 Å². The van der Waals surface area contributed by atoms with Gasteiger partial charge in [0.1, 0.15) is 45.5 Å². The van der Waals surface area contributed by atoms with Gasteiger partial charge in [0.25, 0.3) is 0 Å². The first-order valence-corrected chi connectivity index (χ1v) is 30.0. The van der Waals surface area contributed by atoms with Crippen molar-refractivity contribution in [1.29, 1.82) is 0 Å². The van der Waals surface area contributed by atoms with Gasteiger partial charge in [-0.1, -0.05) is 166 Å². The smallest absolute Gasteiger partial charge is 0.408 e. The highest BCUT2D eigenvalue weighted by Gasteiger charge is 2.39. The van der Waals surface area contributed by atoms with Gasteiger partial charge in [-0.05, 0) is 111 Å². The molecule has 8 aromatic carbocycles. The van der Waals surface area contributed by atoms with Gasteiger partial charge in [-0.15, -0.1) is 0 Å². The van der Waals surface area contributed by atoms with Crippen molar-refractivity contribution in [3.8, 4) is 45.6 Å². The van der Waals surface area contributed by atoms with Crippen LogP contribution >= 0.6 is 71.8 Å². The van der Waals surface area contributed by atoms with E-state index in [0.717, 1.165) is 49.2 Å². The molecule has 2 unspecified atom stereocenters. The number of rotatable bonds is 7. The number of carbonyl (C=O) groups is 1. The highest BCUT2D eigenvalue weighted by Crippen LogP contribution is 2.60. The summed E-state index contributed by atoms with van der Waals surface area (Å²) in [5.41, 5.74) is 3.84. The van der Waals surface area contributed by atoms with Crippen LogP contribution in [0.1, 0.15) is 116 Å². The molecular weight excluding hydrogens is 1130 g/mol. The quantitative estimate of drug-likeness (QED) is 0.113. The van der Waals surface area contributed by atoms with Crippen molar-refractivity contribution < 1.29 is 44.9 Å². The van der Waals surface area contributed by atoms with E-state index in [9.17, 15) is 4.79 Å². The van der Waals surface area contributed by atoms with Crippen LogP contribution in [0.25, 0.3) is 54.6 Å². The third-order valence-electron chi connectivity index (χ3n) is 13.5. The van der Waals surface area contributed by atoms with Crippen molar-refractivity contribution in [1.82, 2.24) is 0 Å². The highest BCUT2D eigenvalue weighted by atomic mass is 35.5. The van der Waals surface area contributed by atoms with E-state index >= 15 is 0 Å². The lowest BCUT2D eigenvalue weighted by atomic mass is 9.82. The molecule has 78 heavy (non-hydrogen) atoms. The first kappa shape index (κ1) is 54.4. The Labute approximate surface area is 476 Å². The highest BCUT2D eigenvalue weighted by molar-refractivity contribution is 7.43. The number of hydrogen-bond acceptors (Lipinski definition) is 10. The molecule has 0 N–H and O–H groups in total. The molecule has 10 nitrogen and oxygen atoms in total. The average Bonchev–Trinajstić information content (AvgIpc) is 3.73. The topological polar surface area (TPSA) is 108 Å². The van der Waals surface area contributed by atoms with Gasteiger partial charge < -0.3 is 40.1 Å². The van der Waals surface area contributed by atoms with Crippen molar-refractivity contribution in [3.63, 3.8) is 0 Å². The number of benzene rings is 8. The van der Waals surface area contributed by atoms with E-state index in [-0.39, 0.29) is 0 Å². The Bertz CT molecular complexity index is 3920. The number of halogens is 4. The minimum atomic E-state index is -2.30. The van der Waals surface area contributed by atoms with Crippen molar-refractivity contribution in [3.05, 3.63) is 163 Å². The van der Waals surface area contributed by atoms with Crippen LogP contribution in [0.5, 0.6) is 34.5 Å². The summed E-state index contributed by atoms with van der Waals surface area (Å²) in [4.78, 5) is 13.3. The van der Waals surface area contributed by atoms with E-state index in [0.29, 0.717) is 87.8 Å². The monoisotopic (exact) mass is 1180 g/mol. The molecule has 17 heteroatoms. The molecule has 0 aliphatic carbocycles. The maximum absolute atomic E-state index is 13.3. The molecule has 0 spiro atoms. The molecule has 0 saturated carbocycles. The van der Waals surface area contributed by atoms with E-state index in [1.165, 1.54) is 0 Å². The van der Waals surface area contributed by atoms with Gasteiger partial charge in [-0.2, -0.15) is 0 Å². The normalized spacial score (nSPS) is 15.6. The fraction of sp³-hybridized carbons (Fsp3) is 0.262. The van der Waals surface area contributed by atoms with Gasteiger partial charge in [-0.25, -0.2) is 4.79 Å². The Kier molecular flexibility index (Phi) is 13.9. The molecular formula is C61H55Cl4O10P3. The summed E-state index contributed by atoms with van der Waals surface area (Å²) in [7, 11) is -6.82. The first-order valence-electron chi connectivity index (χ1n) is 25.2. The Morgan fingerprint density at radius 2 is 0.872 bits per heavy atom. The van der Waals surface area contributed by atoms with Gasteiger partial charge in [0.15, 0.2) is 5.75 Å². The molecule has 1 aromatic heterocycles. The molecule has 2 aliphatic heterocycles. The number of carbonyl (C=O) groups excluding carboxylic acids is 1. The van der Waals surface area contributed by atoms with Crippen molar-refractivity contribution in [2.45, 2.75) is 105 Å². The third kappa shape index (κ3) is 10.3. The van der Waals surface area contributed by atoms with Crippen LogP contribution in [-0.2, 0) is 26.2 Å². The van der Waals surface area contributed by atoms with E-state index < -0.39 is 53.1 Å². The van der Waals surface area contributed by atoms with Gasteiger partial charge in [0.2, 0.25) is 0 Å². The number of hydrogen-bond donors (Lipinski definition) is 0. The van der Waals surface area contributed by atoms with Crippen molar-refractivity contribution in [2.24, 2.45) is 0 Å². The molecule has 3 heterocycles. The minimum Gasteiger partial charge on any atom is -0.408 e. The van der Waals surface area contributed by atoms with Crippen LogP contribution < -0.4 is 27.1 Å². The van der Waals surface area contributed by atoms with Crippen molar-refractivity contribution >= 4 is 121 Å². The molecule has 11 rings (SSSR count). The number of fused-ring (bicyclic) bond motifs is 6. The van der Waals surface area contributed by atoms with Crippen LogP contribution in [0, 0.1) is 0 Å². The van der Waals surface area contributed by atoms with Crippen molar-refractivity contribution in [2.75, 3.05) is 0 Å². The largest absolute Gasteiger partial charge is 0.532 e. The Morgan fingerprint density at radius 1 is 0.423 bits per heavy atom. The average molecular weight is 1180 g/mol. The summed E-state index contributed by atoms with van der Waals surface area (Å²) in [6, 6.07) is 35.6. The lowest BCUT2D eigenvalue weighted by Crippen LogP contribution is -2.18. The molecule has 0 fully saturated rings. The van der Waals surface area contributed by atoms with E-state index in [1.807, 2.05) is 93.6 Å². The predicted molar refractivity (Wildman–Crippen MR) is 319 cm³/mol. The second kappa shape index (κ2) is 19.9. The molecule has 0 amide bonds. The summed E-state index contributed by atoms with van der Waals surface area (Å²) in [6.45, 7) is 25.0. The first-order chi connectivity index (χ1) is 36.7. The van der Waals surface area contributed by atoms with Crippen LogP contribution in [-0.4, -0.2) is 5.97 Å². The van der Waals surface area contributed by atoms with Crippen LogP contribution in [0.3, 0.4) is 0 Å². The standard InChI is InChI=1S/C61H55Cl4O10P3/c1-58(2,3)43-28-34(62)24-39-40-25-35(63)29-44(59(4,5)6)53(40)71-76(70-52(39)43)68-48-21-15-17-32-23-33-18-16-22-49-51(33)56(50(32)48)74-77(69-49)72-54-41(26-36(64)30-45(54)60(7,8)9)42-27-37(65)31-46(61(10,11)12)55(42)73-78-67-47-20-14-13-19-38(47)57(66)75-78/h13-31H,1-12H3. The summed E-state index contributed by atoms with van der Waals surface area (Å²) in [5.74, 6) is 2.03. The van der Waals surface area contributed by atoms with Crippen LogP contribution in [0.15, 0.2) is 124 Å². The maximum atomic E-state index is 13.3. The van der Waals surface area contributed by atoms with Crippen LogP contribution in [0.2, 0.25) is 20.1 Å². The molecule has 0 bridgehead atoms. The SMILES string of the molecule is CC(C)(C)c1cc(Cl)cc(-c2cc(Cl)cc(C(C)(C)C)c2OP2Oc3cccc4cc5cccc(Op6oc7c(C(C)(C)C)cc(Cl)cc7c7cc(Cl)cc(C(C)(C)C)c7o6)c5c(c34)O2)c1OP1OC(=O)c2ccccc2O1. The zero-order valence-electron chi connectivity index (χ0n) is 44.9. The Hall–Kier alpha value is -5.53. The van der Waals surface area contributed by atoms with Gasteiger partial charge in [0.05, 0.1) is 10.8 Å². The van der Waals surface area contributed by atoms with Gasteiger partial charge in [0, 0.05) is 64.2 Å². The number of para-hydroxylation sites is 1. The minimum absolute atomic E-state index is 0.301. The Morgan fingerprint density at radius 3 is 1.41 bits per heavy atom. The van der Waals surface area contributed by atoms with Crippen LogP contribution in [0.4, 0.5) is 0 Å². The van der Waals surface area contributed by atoms with E-state index in [1.54, 1.807) is 36.4 Å². The predicted octanol–water partition coefficient (Wildman–Crippen LogP) is 21.8. The lowest BCUT2D eigenvalue weighted by molar-refractivity contribution is 0.0697. The third-order valence-corrected chi connectivity index (χ3v) is 17.4. The molecule has 0 saturated heterocycles. The lowest BCUT2D eigenvalue weighted by Gasteiger charge is -2.31. The maximum Gasteiger partial charge on any atom is 0.532 e. The summed E-state index contributed by atoms with van der Waals surface area (Å²) < 4.78 is 61.0. The van der Waals surface area contributed by atoms with E-state index in [4.69, 9.17) is 86.5 Å². The zero-order chi connectivity index (χ0) is 55.5.